The van der Waals surface area contributed by atoms with Crippen molar-refractivity contribution in [1.29, 1.82) is 0 Å². The molecule has 0 fully saturated rings. The van der Waals surface area contributed by atoms with Gasteiger partial charge in [0.25, 0.3) is 0 Å². The maximum absolute atomic E-state index is 13.2. The van der Waals surface area contributed by atoms with E-state index in [0.29, 0.717) is 0 Å². The SMILES string of the molecule is C[C@H](NC1CCc2cc(F)ccc21)c1ccc(F)cc1. The Bertz CT molecular complexity index is 607. The van der Waals surface area contributed by atoms with Crippen molar-refractivity contribution in [1.82, 2.24) is 5.32 Å². The molecule has 1 unspecified atom stereocenters. The summed E-state index contributed by atoms with van der Waals surface area (Å²) < 4.78 is 26.1. The van der Waals surface area contributed by atoms with Crippen LogP contribution in [0.25, 0.3) is 0 Å². The van der Waals surface area contributed by atoms with Crippen LogP contribution in [0.15, 0.2) is 42.5 Å². The minimum atomic E-state index is -0.220. The van der Waals surface area contributed by atoms with Crippen molar-refractivity contribution in [3.8, 4) is 0 Å². The molecule has 0 spiro atoms. The molecule has 0 radical (unpaired) electrons. The third-order valence-corrected chi connectivity index (χ3v) is 4.00. The first-order valence-electron chi connectivity index (χ1n) is 6.93. The average Bonchev–Trinajstić information content (AvgIpc) is 2.81. The molecule has 1 N–H and O–H groups in total. The van der Waals surface area contributed by atoms with Gasteiger partial charge in [-0.1, -0.05) is 18.2 Å². The molecule has 0 saturated carbocycles. The topological polar surface area (TPSA) is 12.0 Å². The van der Waals surface area contributed by atoms with Crippen molar-refractivity contribution in [2.24, 2.45) is 0 Å². The molecule has 2 atom stereocenters. The highest BCUT2D eigenvalue weighted by atomic mass is 19.1. The molecule has 0 bridgehead atoms. The maximum atomic E-state index is 13.2. The Hall–Kier alpha value is -1.74. The number of aryl methyl sites for hydroxylation is 1. The van der Waals surface area contributed by atoms with Gasteiger partial charge in [-0.15, -0.1) is 0 Å². The van der Waals surface area contributed by atoms with Gasteiger partial charge in [-0.25, -0.2) is 8.78 Å². The van der Waals surface area contributed by atoms with Crippen molar-refractivity contribution in [3.63, 3.8) is 0 Å². The molecular weight excluding hydrogens is 256 g/mol. The Morgan fingerprint density at radius 2 is 1.75 bits per heavy atom. The lowest BCUT2D eigenvalue weighted by atomic mass is 10.0. The predicted molar refractivity (Wildman–Crippen MR) is 75.4 cm³/mol. The number of halogens is 2. The zero-order valence-electron chi connectivity index (χ0n) is 11.4. The van der Waals surface area contributed by atoms with Gasteiger partial charge in [-0.05, 0) is 60.7 Å². The Morgan fingerprint density at radius 1 is 1.05 bits per heavy atom. The van der Waals surface area contributed by atoms with Crippen LogP contribution in [0.1, 0.15) is 42.1 Å². The van der Waals surface area contributed by atoms with Crippen LogP contribution >= 0.6 is 0 Å². The monoisotopic (exact) mass is 273 g/mol. The maximum Gasteiger partial charge on any atom is 0.123 e. The summed E-state index contributed by atoms with van der Waals surface area (Å²) in [6, 6.07) is 11.9. The van der Waals surface area contributed by atoms with E-state index in [1.807, 2.05) is 6.07 Å². The number of fused-ring (bicyclic) bond motifs is 1. The van der Waals surface area contributed by atoms with Gasteiger partial charge >= 0.3 is 0 Å². The highest BCUT2D eigenvalue weighted by Gasteiger charge is 2.24. The summed E-state index contributed by atoms with van der Waals surface area (Å²) in [5.41, 5.74) is 3.33. The molecule has 2 aromatic rings. The molecule has 2 aromatic carbocycles. The normalized spacial score (nSPS) is 18.9. The number of rotatable bonds is 3. The summed E-state index contributed by atoms with van der Waals surface area (Å²) in [5.74, 6) is -0.390. The molecule has 1 nitrogen and oxygen atoms in total. The first-order chi connectivity index (χ1) is 9.63. The molecular formula is C17H17F2N. The van der Waals surface area contributed by atoms with Crippen LogP contribution in [-0.4, -0.2) is 0 Å². The molecule has 1 aliphatic carbocycles. The van der Waals surface area contributed by atoms with Crippen LogP contribution in [0.4, 0.5) is 8.78 Å². The highest BCUT2D eigenvalue weighted by molar-refractivity contribution is 5.35. The standard InChI is InChI=1S/C17H17F2N/c1-11(12-2-5-14(18)6-3-12)20-17-9-4-13-10-15(19)7-8-16(13)17/h2-3,5-8,10-11,17,20H,4,9H2,1H3/t11-,17?/m0/s1. The fourth-order valence-corrected chi connectivity index (χ4v) is 2.91. The molecule has 20 heavy (non-hydrogen) atoms. The first kappa shape index (κ1) is 13.3. The molecule has 1 aliphatic rings. The summed E-state index contributed by atoms with van der Waals surface area (Å²) in [5, 5.41) is 3.55. The fraction of sp³-hybridized carbons (Fsp3) is 0.294. The average molecular weight is 273 g/mol. The van der Waals surface area contributed by atoms with E-state index in [2.05, 4.69) is 12.2 Å². The molecule has 0 saturated heterocycles. The smallest absolute Gasteiger partial charge is 0.123 e. The number of nitrogens with one attached hydrogen (secondary N) is 1. The van der Waals surface area contributed by atoms with Crippen molar-refractivity contribution in [2.45, 2.75) is 31.8 Å². The summed E-state index contributed by atoms with van der Waals surface area (Å²) in [6.07, 6.45) is 1.88. The summed E-state index contributed by atoms with van der Waals surface area (Å²) in [7, 11) is 0. The second-order valence-corrected chi connectivity index (χ2v) is 5.37. The second-order valence-electron chi connectivity index (χ2n) is 5.37. The van der Waals surface area contributed by atoms with Gasteiger partial charge in [0, 0.05) is 12.1 Å². The predicted octanol–water partition coefficient (Wildman–Crippen LogP) is 4.30. The van der Waals surface area contributed by atoms with E-state index < -0.39 is 0 Å². The molecule has 0 heterocycles. The van der Waals surface area contributed by atoms with Gasteiger partial charge in [0.15, 0.2) is 0 Å². The van der Waals surface area contributed by atoms with E-state index in [0.717, 1.165) is 24.0 Å². The largest absolute Gasteiger partial charge is 0.303 e. The van der Waals surface area contributed by atoms with Gasteiger partial charge in [0.2, 0.25) is 0 Å². The van der Waals surface area contributed by atoms with Crippen LogP contribution in [0, 0.1) is 11.6 Å². The van der Waals surface area contributed by atoms with Crippen LogP contribution in [-0.2, 0) is 6.42 Å². The third-order valence-electron chi connectivity index (χ3n) is 4.00. The van der Waals surface area contributed by atoms with Crippen molar-refractivity contribution in [2.75, 3.05) is 0 Å². The molecule has 0 aliphatic heterocycles. The summed E-state index contributed by atoms with van der Waals surface area (Å²) >= 11 is 0. The lowest BCUT2D eigenvalue weighted by Crippen LogP contribution is -2.23. The molecule has 3 heteroatoms. The van der Waals surface area contributed by atoms with Gasteiger partial charge < -0.3 is 5.32 Å². The van der Waals surface area contributed by atoms with E-state index in [1.54, 1.807) is 18.2 Å². The lowest BCUT2D eigenvalue weighted by molar-refractivity contribution is 0.464. The Morgan fingerprint density at radius 3 is 2.50 bits per heavy atom. The van der Waals surface area contributed by atoms with E-state index in [1.165, 1.54) is 23.8 Å². The van der Waals surface area contributed by atoms with Crippen molar-refractivity contribution in [3.05, 3.63) is 70.8 Å². The Balaban J connectivity index is 1.75. The zero-order chi connectivity index (χ0) is 14.1. The first-order valence-corrected chi connectivity index (χ1v) is 6.93. The Kier molecular flexibility index (Phi) is 3.53. The molecule has 0 aromatic heterocycles. The number of benzene rings is 2. The lowest BCUT2D eigenvalue weighted by Gasteiger charge is -2.21. The van der Waals surface area contributed by atoms with Crippen LogP contribution in [0.2, 0.25) is 0 Å². The zero-order valence-corrected chi connectivity index (χ0v) is 11.4. The van der Waals surface area contributed by atoms with E-state index >= 15 is 0 Å². The van der Waals surface area contributed by atoms with Crippen LogP contribution in [0.3, 0.4) is 0 Å². The molecule has 104 valence electrons. The molecule has 0 amide bonds. The van der Waals surface area contributed by atoms with Gasteiger partial charge in [-0.3, -0.25) is 0 Å². The quantitative estimate of drug-likeness (QED) is 0.879. The number of hydrogen-bond donors (Lipinski definition) is 1. The van der Waals surface area contributed by atoms with Crippen molar-refractivity contribution >= 4 is 0 Å². The highest BCUT2D eigenvalue weighted by Crippen LogP contribution is 2.33. The van der Waals surface area contributed by atoms with Crippen molar-refractivity contribution < 1.29 is 8.78 Å². The van der Waals surface area contributed by atoms with Gasteiger partial charge in [0.1, 0.15) is 11.6 Å². The second kappa shape index (κ2) is 5.33. The number of hydrogen-bond acceptors (Lipinski definition) is 1. The van der Waals surface area contributed by atoms with E-state index in [9.17, 15) is 8.78 Å². The fourth-order valence-electron chi connectivity index (χ4n) is 2.91. The third kappa shape index (κ3) is 2.59. The van der Waals surface area contributed by atoms with Crippen LogP contribution < -0.4 is 5.32 Å². The van der Waals surface area contributed by atoms with Crippen LogP contribution in [0.5, 0.6) is 0 Å². The van der Waals surface area contributed by atoms with E-state index in [-0.39, 0.29) is 23.7 Å². The Labute approximate surface area is 117 Å². The summed E-state index contributed by atoms with van der Waals surface area (Å²) in [6.45, 7) is 2.06. The summed E-state index contributed by atoms with van der Waals surface area (Å²) in [4.78, 5) is 0. The minimum Gasteiger partial charge on any atom is -0.303 e. The van der Waals surface area contributed by atoms with Gasteiger partial charge in [0.05, 0.1) is 0 Å². The molecule has 3 rings (SSSR count). The van der Waals surface area contributed by atoms with E-state index in [4.69, 9.17) is 0 Å². The van der Waals surface area contributed by atoms with Gasteiger partial charge in [-0.2, -0.15) is 0 Å². The minimum absolute atomic E-state index is 0.136.